The summed E-state index contributed by atoms with van der Waals surface area (Å²) in [5, 5.41) is 13.4. The molecule has 0 radical (unpaired) electrons. The molecular formula is C14H19NO2S. The normalized spacial score (nSPS) is 11.5. The molecule has 4 heteroatoms. The van der Waals surface area contributed by atoms with Crippen LogP contribution in [0.15, 0.2) is 11.4 Å². The van der Waals surface area contributed by atoms with Crippen molar-refractivity contribution >= 4 is 17.2 Å². The van der Waals surface area contributed by atoms with Crippen molar-refractivity contribution < 1.29 is 9.90 Å². The number of aliphatic hydroxyl groups is 1. The van der Waals surface area contributed by atoms with Crippen molar-refractivity contribution in [2.24, 2.45) is 0 Å². The summed E-state index contributed by atoms with van der Waals surface area (Å²) in [5.41, 5.74) is 0.650. The molecule has 1 amide bonds. The molecule has 0 saturated heterocycles. The van der Waals surface area contributed by atoms with Gasteiger partial charge in [-0.3, -0.25) is 4.79 Å². The van der Waals surface area contributed by atoms with Gasteiger partial charge in [0, 0.05) is 11.4 Å². The fourth-order valence-electron chi connectivity index (χ4n) is 1.64. The van der Waals surface area contributed by atoms with E-state index in [1.807, 2.05) is 0 Å². The summed E-state index contributed by atoms with van der Waals surface area (Å²) >= 11 is 1.42. The van der Waals surface area contributed by atoms with E-state index in [1.54, 1.807) is 11.4 Å². The number of amides is 1. The van der Waals surface area contributed by atoms with E-state index < -0.39 is 0 Å². The quantitative estimate of drug-likeness (QED) is 0.803. The first-order valence-corrected chi connectivity index (χ1v) is 7.08. The molecule has 0 aliphatic carbocycles. The minimum absolute atomic E-state index is 0.0383. The van der Waals surface area contributed by atoms with E-state index in [2.05, 4.69) is 31.0 Å². The zero-order valence-corrected chi connectivity index (χ0v) is 11.6. The van der Waals surface area contributed by atoms with Crippen molar-refractivity contribution in [2.45, 2.75) is 39.2 Å². The van der Waals surface area contributed by atoms with Crippen LogP contribution >= 0.6 is 11.3 Å². The van der Waals surface area contributed by atoms with Gasteiger partial charge in [0.2, 0.25) is 0 Å². The molecular weight excluding hydrogens is 246 g/mol. The number of hydrogen-bond acceptors (Lipinski definition) is 3. The summed E-state index contributed by atoms with van der Waals surface area (Å²) in [4.78, 5) is 12.8. The van der Waals surface area contributed by atoms with E-state index in [0.29, 0.717) is 5.56 Å². The van der Waals surface area contributed by atoms with Crippen LogP contribution in [0.25, 0.3) is 0 Å². The summed E-state index contributed by atoms with van der Waals surface area (Å²) in [6.45, 7) is 4.03. The molecule has 98 valence electrons. The molecule has 2 N–H and O–H groups in total. The van der Waals surface area contributed by atoms with Crippen molar-refractivity contribution in [3.05, 3.63) is 21.9 Å². The Hall–Kier alpha value is -1.31. The highest BCUT2D eigenvalue weighted by molar-refractivity contribution is 7.10. The van der Waals surface area contributed by atoms with Gasteiger partial charge in [-0.15, -0.1) is 11.3 Å². The summed E-state index contributed by atoms with van der Waals surface area (Å²) in [6, 6.07) is 2.01. The summed E-state index contributed by atoms with van der Waals surface area (Å²) in [5.74, 6) is 5.34. The Morgan fingerprint density at radius 2 is 2.33 bits per heavy atom. The highest BCUT2D eigenvalue weighted by Gasteiger charge is 2.12. The third kappa shape index (κ3) is 4.52. The average Bonchev–Trinajstić information content (AvgIpc) is 2.84. The van der Waals surface area contributed by atoms with Gasteiger partial charge < -0.3 is 10.4 Å². The van der Waals surface area contributed by atoms with Crippen LogP contribution in [-0.4, -0.2) is 23.7 Å². The van der Waals surface area contributed by atoms with E-state index in [-0.39, 0.29) is 18.6 Å². The van der Waals surface area contributed by atoms with Crippen LogP contribution in [0, 0.1) is 11.8 Å². The van der Waals surface area contributed by atoms with Crippen LogP contribution in [0.2, 0.25) is 0 Å². The lowest BCUT2D eigenvalue weighted by Crippen LogP contribution is -2.33. The molecule has 1 aromatic rings. The molecule has 0 aliphatic heterocycles. The monoisotopic (exact) mass is 265 g/mol. The average molecular weight is 265 g/mol. The Balaban J connectivity index is 2.63. The number of carbonyl (C=O) groups is 1. The topological polar surface area (TPSA) is 49.3 Å². The van der Waals surface area contributed by atoms with E-state index in [0.717, 1.165) is 24.1 Å². The highest BCUT2D eigenvalue weighted by atomic mass is 32.1. The molecule has 1 atom stereocenters. The molecule has 18 heavy (non-hydrogen) atoms. The molecule has 1 aromatic heterocycles. The van der Waals surface area contributed by atoms with E-state index in [9.17, 15) is 4.79 Å². The standard InChI is InChI=1S/C14H19NO2S/c1-3-6-12(4-2)15-14(17)11-9-13(18-10-11)7-5-8-16/h9-10,12,16H,3-4,6,8H2,1-2H3,(H,15,17). The third-order valence-corrected chi connectivity index (χ3v) is 3.46. The number of carbonyl (C=O) groups excluding carboxylic acids is 1. The van der Waals surface area contributed by atoms with Crippen molar-refractivity contribution in [2.75, 3.05) is 6.61 Å². The van der Waals surface area contributed by atoms with Crippen LogP contribution in [0.1, 0.15) is 48.3 Å². The second kappa shape index (κ2) is 7.91. The smallest absolute Gasteiger partial charge is 0.252 e. The molecule has 1 unspecified atom stereocenters. The van der Waals surface area contributed by atoms with Gasteiger partial charge in [0.25, 0.3) is 5.91 Å². The minimum atomic E-state index is -0.159. The first-order valence-electron chi connectivity index (χ1n) is 6.20. The Morgan fingerprint density at radius 3 is 2.94 bits per heavy atom. The zero-order chi connectivity index (χ0) is 13.4. The first kappa shape index (κ1) is 14.7. The second-order valence-electron chi connectivity index (χ2n) is 4.03. The Morgan fingerprint density at radius 1 is 1.56 bits per heavy atom. The molecule has 0 spiro atoms. The van der Waals surface area contributed by atoms with Crippen molar-refractivity contribution in [3.8, 4) is 11.8 Å². The van der Waals surface area contributed by atoms with Crippen LogP contribution in [0.4, 0.5) is 0 Å². The number of thiophene rings is 1. The molecule has 1 heterocycles. The van der Waals surface area contributed by atoms with Gasteiger partial charge in [-0.05, 0) is 18.9 Å². The second-order valence-corrected chi connectivity index (χ2v) is 4.94. The number of aliphatic hydroxyl groups excluding tert-OH is 1. The van der Waals surface area contributed by atoms with Crippen LogP contribution in [0.5, 0.6) is 0 Å². The molecule has 0 saturated carbocycles. The maximum atomic E-state index is 12.0. The fourth-order valence-corrected chi connectivity index (χ4v) is 2.40. The van der Waals surface area contributed by atoms with E-state index >= 15 is 0 Å². The predicted octanol–water partition coefficient (Wildman–Crippen LogP) is 2.40. The number of rotatable bonds is 5. The maximum absolute atomic E-state index is 12.0. The third-order valence-electron chi connectivity index (χ3n) is 2.62. The molecule has 0 aliphatic rings. The van der Waals surface area contributed by atoms with Gasteiger partial charge in [0.05, 0.1) is 10.4 Å². The fraction of sp³-hybridized carbons (Fsp3) is 0.500. The summed E-state index contributed by atoms with van der Waals surface area (Å²) < 4.78 is 0. The Bertz CT molecular complexity index is 442. The van der Waals surface area contributed by atoms with Crippen molar-refractivity contribution in [3.63, 3.8) is 0 Å². The van der Waals surface area contributed by atoms with E-state index in [1.165, 1.54) is 11.3 Å². The van der Waals surface area contributed by atoms with Crippen molar-refractivity contribution in [1.82, 2.24) is 5.32 Å². The van der Waals surface area contributed by atoms with Gasteiger partial charge >= 0.3 is 0 Å². The first-order chi connectivity index (χ1) is 8.71. The zero-order valence-electron chi connectivity index (χ0n) is 10.8. The number of hydrogen-bond donors (Lipinski definition) is 2. The lowest BCUT2D eigenvalue weighted by atomic mass is 10.1. The summed E-state index contributed by atoms with van der Waals surface area (Å²) in [7, 11) is 0. The predicted molar refractivity (Wildman–Crippen MR) is 74.7 cm³/mol. The molecule has 3 nitrogen and oxygen atoms in total. The molecule has 0 fully saturated rings. The lowest BCUT2D eigenvalue weighted by molar-refractivity contribution is 0.0934. The minimum Gasteiger partial charge on any atom is -0.384 e. The Kier molecular flexibility index (Phi) is 6.48. The van der Waals surface area contributed by atoms with Gasteiger partial charge in [0.1, 0.15) is 6.61 Å². The van der Waals surface area contributed by atoms with Crippen LogP contribution in [0.3, 0.4) is 0 Å². The lowest BCUT2D eigenvalue weighted by Gasteiger charge is -2.15. The van der Waals surface area contributed by atoms with Gasteiger partial charge in [-0.2, -0.15) is 0 Å². The molecule has 1 rings (SSSR count). The highest BCUT2D eigenvalue weighted by Crippen LogP contribution is 2.14. The SMILES string of the molecule is CCCC(CC)NC(=O)c1csc(C#CCO)c1. The largest absolute Gasteiger partial charge is 0.384 e. The molecule has 0 bridgehead atoms. The Labute approximate surface area is 112 Å². The van der Waals surface area contributed by atoms with Gasteiger partial charge in [-0.25, -0.2) is 0 Å². The molecule has 0 aromatic carbocycles. The van der Waals surface area contributed by atoms with Crippen LogP contribution < -0.4 is 5.32 Å². The number of nitrogens with one attached hydrogen (secondary N) is 1. The van der Waals surface area contributed by atoms with E-state index in [4.69, 9.17) is 5.11 Å². The maximum Gasteiger partial charge on any atom is 0.252 e. The van der Waals surface area contributed by atoms with Gasteiger partial charge in [0.15, 0.2) is 0 Å². The van der Waals surface area contributed by atoms with Crippen LogP contribution in [-0.2, 0) is 0 Å². The summed E-state index contributed by atoms with van der Waals surface area (Å²) in [6.07, 6.45) is 3.01. The van der Waals surface area contributed by atoms with Gasteiger partial charge in [-0.1, -0.05) is 32.1 Å². The van der Waals surface area contributed by atoms with Crippen molar-refractivity contribution in [1.29, 1.82) is 0 Å².